The van der Waals surface area contributed by atoms with E-state index in [1.807, 2.05) is 11.0 Å². The van der Waals surface area contributed by atoms with Crippen molar-refractivity contribution >= 4 is 11.7 Å². The van der Waals surface area contributed by atoms with E-state index in [2.05, 4.69) is 30.6 Å². The SMILES string of the molecule is O=C(Nc1cnn(-c2ncccn2)c1)N1CCCCC1c1ccn[nH]1. The zero-order chi connectivity index (χ0) is 17.1. The Bertz CT molecular complexity index is 829. The van der Waals surface area contributed by atoms with Crippen LogP contribution in [-0.2, 0) is 0 Å². The van der Waals surface area contributed by atoms with Gasteiger partial charge in [0.25, 0.3) is 0 Å². The van der Waals surface area contributed by atoms with Gasteiger partial charge in [-0.25, -0.2) is 19.4 Å². The number of amides is 2. The molecule has 1 aliphatic rings. The first-order valence-corrected chi connectivity index (χ1v) is 8.20. The fourth-order valence-corrected chi connectivity index (χ4v) is 3.05. The number of aromatic amines is 1. The fourth-order valence-electron chi connectivity index (χ4n) is 3.05. The zero-order valence-corrected chi connectivity index (χ0v) is 13.5. The van der Waals surface area contributed by atoms with Crippen LogP contribution in [0.25, 0.3) is 5.95 Å². The van der Waals surface area contributed by atoms with Gasteiger partial charge in [0.1, 0.15) is 0 Å². The van der Waals surface area contributed by atoms with Gasteiger partial charge >= 0.3 is 6.03 Å². The number of carbonyl (C=O) groups excluding carboxylic acids is 1. The topological polar surface area (TPSA) is 105 Å². The van der Waals surface area contributed by atoms with Crippen LogP contribution in [0.1, 0.15) is 31.0 Å². The number of likely N-dealkylation sites (tertiary alicyclic amines) is 1. The average molecular weight is 338 g/mol. The number of nitrogens with one attached hydrogen (secondary N) is 2. The van der Waals surface area contributed by atoms with Crippen molar-refractivity contribution in [2.24, 2.45) is 0 Å². The van der Waals surface area contributed by atoms with Crippen LogP contribution in [0.4, 0.5) is 10.5 Å². The van der Waals surface area contributed by atoms with Crippen LogP contribution in [0.5, 0.6) is 0 Å². The molecule has 2 N–H and O–H groups in total. The molecule has 3 aromatic heterocycles. The molecule has 2 amide bonds. The Morgan fingerprint density at radius 3 is 2.92 bits per heavy atom. The summed E-state index contributed by atoms with van der Waals surface area (Å²) in [5, 5.41) is 14.1. The summed E-state index contributed by atoms with van der Waals surface area (Å²) in [6, 6.07) is 3.53. The Hall–Kier alpha value is -3.23. The number of anilines is 1. The molecule has 9 heteroatoms. The smallest absolute Gasteiger partial charge is 0.316 e. The van der Waals surface area contributed by atoms with Gasteiger partial charge in [0.15, 0.2) is 0 Å². The van der Waals surface area contributed by atoms with Crippen LogP contribution < -0.4 is 5.32 Å². The first-order chi connectivity index (χ1) is 12.3. The first kappa shape index (κ1) is 15.3. The first-order valence-electron chi connectivity index (χ1n) is 8.20. The number of nitrogens with zero attached hydrogens (tertiary/aromatic N) is 6. The van der Waals surface area contributed by atoms with E-state index in [4.69, 9.17) is 0 Å². The molecule has 0 bridgehead atoms. The minimum Gasteiger partial charge on any atom is -0.316 e. The Labute approximate surface area is 144 Å². The number of carbonyl (C=O) groups is 1. The lowest BCUT2D eigenvalue weighted by molar-refractivity contribution is 0.161. The molecule has 0 radical (unpaired) electrons. The normalized spacial score (nSPS) is 17.4. The number of urea groups is 1. The minimum absolute atomic E-state index is 0.0174. The molecule has 9 nitrogen and oxygen atoms in total. The second-order valence-electron chi connectivity index (χ2n) is 5.87. The lowest BCUT2D eigenvalue weighted by atomic mass is 10.00. The number of rotatable bonds is 3. The molecule has 1 atom stereocenters. The molecule has 0 aliphatic carbocycles. The van der Waals surface area contributed by atoms with Crippen LogP contribution in [0, 0.1) is 0 Å². The summed E-state index contributed by atoms with van der Waals surface area (Å²) in [7, 11) is 0. The van der Waals surface area contributed by atoms with Gasteiger partial charge in [-0.15, -0.1) is 0 Å². The third-order valence-electron chi connectivity index (χ3n) is 4.24. The molecular weight excluding hydrogens is 320 g/mol. The van der Waals surface area contributed by atoms with E-state index in [9.17, 15) is 4.79 Å². The summed E-state index contributed by atoms with van der Waals surface area (Å²) in [6.45, 7) is 0.714. The molecule has 1 fully saturated rings. The van der Waals surface area contributed by atoms with E-state index in [0.29, 0.717) is 18.2 Å². The van der Waals surface area contributed by atoms with Gasteiger partial charge in [0.05, 0.1) is 29.8 Å². The fraction of sp³-hybridized carbons (Fsp3) is 0.312. The highest BCUT2D eigenvalue weighted by Gasteiger charge is 2.29. The molecule has 0 saturated carbocycles. The summed E-state index contributed by atoms with van der Waals surface area (Å²) < 4.78 is 1.53. The second-order valence-corrected chi connectivity index (χ2v) is 5.87. The van der Waals surface area contributed by atoms with Crippen molar-refractivity contribution in [3.63, 3.8) is 0 Å². The molecule has 0 spiro atoms. The number of aromatic nitrogens is 6. The van der Waals surface area contributed by atoms with Crippen LogP contribution in [0.3, 0.4) is 0 Å². The Morgan fingerprint density at radius 2 is 2.12 bits per heavy atom. The van der Waals surface area contributed by atoms with Crippen molar-refractivity contribution in [2.75, 3.05) is 11.9 Å². The Kier molecular flexibility index (Phi) is 4.11. The van der Waals surface area contributed by atoms with Crippen LogP contribution >= 0.6 is 0 Å². The van der Waals surface area contributed by atoms with E-state index >= 15 is 0 Å². The van der Waals surface area contributed by atoms with Crippen molar-refractivity contribution in [3.8, 4) is 5.95 Å². The van der Waals surface area contributed by atoms with Crippen molar-refractivity contribution in [1.82, 2.24) is 34.8 Å². The van der Waals surface area contributed by atoms with Crippen molar-refractivity contribution < 1.29 is 4.79 Å². The monoisotopic (exact) mass is 338 g/mol. The second kappa shape index (κ2) is 6.71. The third kappa shape index (κ3) is 3.21. The Morgan fingerprint density at radius 1 is 1.24 bits per heavy atom. The van der Waals surface area contributed by atoms with Crippen LogP contribution in [0.2, 0.25) is 0 Å². The Balaban J connectivity index is 1.48. The summed E-state index contributed by atoms with van der Waals surface area (Å²) in [6.07, 6.45) is 11.3. The molecule has 0 aromatic carbocycles. The van der Waals surface area contributed by atoms with Gasteiger partial charge in [-0.05, 0) is 31.4 Å². The molecule has 1 aliphatic heterocycles. The third-order valence-corrected chi connectivity index (χ3v) is 4.24. The lowest BCUT2D eigenvalue weighted by Crippen LogP contribution is -2.41. The molecule has 128 valence electrons. The summed E-state index contributed by atoms with van der Waals surface area (Å²) in [5.74, 6) is 0.455. The van der Waals surface area contributed by atoms with Gasteiger partial charge in [-0.2, -0.15) is 10.2 Å². The molecule has 3 aromatic rings. The maximum Gasteiger partial charge on any atom is 0.322 e. The predicted octanol–water partition coefficient (Wildman–Crippen LogP) is 2.14. The van der Waals surface area contributed by atoms with Gasteiger partial charge in [0.2, 0.25) is 5.95 Å². The lowest BCUT2D eigenvalue weighted by Gasteiger charge is -2.34. The summed E-state index contributed by atoms with van der Waals surface area (Å²) in [4.78, 5) is 22.8. The van der Waals surface area contributed by atoms with E-state index in [1.165, 1.54) is 4.68 Å². The molecule has 4 rings (SSSR count). The average Bonchev–Trinajstić information content (AvgIpc) is 3.34. The van der Waals surface area contributed by atoms with E-state index in [0.717, 1.165) is 25.0 Å². The quantitative estimate of drug-likeness (QED) is 0.761. The maximum absolute atomic E-state index is 12.7. The molecular formula is C16H18N8O. The van der Waals surface area contributed by atoms with Crippen molar-refractivity contribution in [3.05, 3.63) is 48.8 Å². The van der Waals surface area contributed by atoms with Gasteiger partial charge in [0, 0.05) is 25.1 Å². The zero-order valence-electron chi connectivity index (χ0n) is 13.5. The molecule has 1 unspecified atom stereocenters. The molecule has 1 saturated heterocycles. The van der Waals surface area contributed by atoms with Gasteiger partial charge in [-0.1, -0.05) is 0 Å². The van der Waals surface area contributed by atoms with E-state index in [-0.39, 0.29) is 12.1 Å². The van der Waals surface area contributed by atoms with Crippen molar-refractivity contribution in [1.29, 1.82) is 0 Å². The minimum atomic E-state index is -0.146. The van der Waals surface area contributed by atoms with E-state index in [1.54, 1.807) is 37.1 Å². The number of piperidine rings is 1. The molecule has 25 heavy (non-hydrogen) atoms. The van der Waals surface area contributed by atoms with Crippen molar-refractivity contribution in [2.45, 2.75) is 25.3 Å². The van der Waals surface area contributed by atoms with E-state index < -0.39 is 0 Å². The molecule has 4 heterocycles. The van der Waals surface area contributed by atoms with Crippen LogP contribution in [-0.4, -0.2) is 47.4 Å². The highest BCUT2D eigenvalue weighted by molar-refractivity contribution is 5.89. The predicted molar refractivity (Wildman–Crippen MR) is 90.1 cm³/mol. The van der Waals surface area contributed by atoms with Gasteiger partial charge < -0.3 is 10.2 Å². The van der Waals surface area contributed by atoms with Crippen LogP contribution in [0.15, 0.2) is 43.1 Å². The maximum atomic E-state index is 12.7. The number of hydrogen-bond donors (Lipinski definition) is 2. The number of H-pyrrole nitrogens is 1. The van der Waals surface area contributed by atoms with Gasteiger partial charge in [-0.3, -0.25) is 5.10 Å². The standard InChI is InChI=1S/C16H18N8O/c25-16(23-9-2-1-4-14(23)13-5-8-19-22-13)21-12-10-20-24(11-12)15-17-6-3-7-18-15/h3,5-8,10-11,14H,1-2,4,9H2,(H,19,22)(H,21,25). The largest absolute Gasteiger partial charge is 0.322 e. The highest BCUT2D eigenvalue weighted by Crippen LogP contribution is 2.30. The highest BCUT2D eigenvalue weighted by atomic mass is 16.2. The summed E-state index contributed by atoms with van der Waals surface area (Å²) in [5.41, 5.74) is 1.56. The number of hydrogen-bond acceptors (Lipinski definition) is 5. The summed E-state index contributed by atoms with van der Waals surface area (Å²) >= 11 is 0.